The van der Waals surface area contributed by atoms with Crippen molar-refractivity contribution < 1.29 is 4.79 Å². The van der Waals surface area contributed by atoms with E-state index in [0.29, 0.717) is 12.0 Å². The molecule has 3 fully saturated rings. The van der Waals surface area contributed by atoms with Crippen LogP contribution in [0, 0.1) is 11.8 Å². The molecule has 6 rings (SSSR count). The van der Waals surface area contributed by atoms with E-state index in [1.807, 2.05) is 31.0 Å². The summed E-state index contributed by atoms with van der Waals surface area (Å²) in [5.74, 6) is 0.906. The van der Waals surface area contributed by atoms with Gasteiger partial charge in [0, 0.05) is 32.2 Å². The summed E-state index contributed by atoms with van der Waals surface area (Å²) < 4.78 is 1.97. The molecule has 1 amide bonds. The van der Waals surface area contributed by atoms with Crippen molar-refractivity contribution in [1.82, 2.24) is 24.8 Å². The highest BCUT2D eigenvalue weighted by atomic mass is 16.2. The fourth-order valence-electron chi connectivity index (χ4n) is 5.14. The van der Waals surface area contributed by atoms with Gasteiger partial charge in [-0.1, -0.05) is 59.8 Å². The zero-order valence-electron chi connectivity index (χ0n) is 18.2. The van der Waals surface area contributed by atoms with Gasteiger partial charge in [-0.3, -0.25) is 14.4 Å². The number of piperidine rings is 3. The minimum Gasteiger partial charge on any atom is -0.349 e. The molecular weight excluding hydrogens is 386 g/mol. The molecule has 0 radical (unpaired) electrons. The molecule has 31 heavy (non-hydrogen) atoms. The van der Waals surface area contributed by atoms with Crippen molar-refractivity contribution in [2.24, 2.45) is 11.8 Å². The van der Waals surface area contributed by atoms with E-state index in [1.54, 1.807) is 4.90 Å². The Hall–Kier alpha value is -2.99. The van der Waals surface area contributed by atoms with E-state index in [9.17, 15) is 4.79 Å². The molecule has 0 N–H and O–H groups in total. The maximum atomic E-state index is 12.5. The molecule has 0 aliphatic carbocycles. The predicted molar refractivity (Wildman–Crippen MR) is 121 cm³/mol. The Balaban J connectivity index is 1.25. The monoisotopic (exact) mass is 415 g/mol. The molecule has 6 nitrogen and oxygen atoms in total. The first kappa shape index (κ1) is 19.9. The number of fused-ring (bicyclic) bond motifs is 3. The van der Waals surface area contributed by atoms with E-state index < -0.39 is 0 Å². The average Bonchev–Trinajstić information content (AvgIpc) is 3.28. The number of aromatic nitrogens is 3. The summed E-state index contributed by atoms with van der Waals surface area (Å²) in [6.45, 7) is 2.78. The Morgan fingerprint density at radius 1 is 1.03 bits per heavy atom. The van der Waals surface area contributed by atoms with Gasteiger partial charge in [-0.15, -0.1) is 5.10 Å². The summed E-state index contributed by atoms with van der Waals surface area (Å²) in [6.07, 6.45) is 4.23. The molecule has 1 aromatic heterocycles. The van der Waals surface area contributed by atoms with Crippen LogP contribution in [0.4, 0.5) is 0 Å². The molecule has 3 aromatic rings. The number of nitrogens with zero attached hydrogens (tertiary/aromatic N) is 5. The van der Waals surface area contributed by atoms with Gasteiger partial charge in [-0.05, 0) is 36.4 Å². The number of hydrogen-bond donors (Lipinski definition) is 0. The molecule has 3 aliphatic heterocycles. The van der Waals surface area contributed by atoms with Crippen molar-refractivity contribution in [3.8, 4) is 22.4 Å². The van der Waals surface area contributed by atoms with Crippen LogP contribution in [0.3, 0.4) is 0 Å². The topological polar surface area (TPSA) is 54.3 Å². The lowest BCUT2D eigenvalue weighted by Gasteiger charge is -2.49. The van der Waals surface area contributed by atoms with Crippen LogP contribution in [-0.4, -0.2) is 63.9 Å². The van der Waals surface area contributed by atoms with E-state index in [0.717, 1.165) is 43.7 Å². The highest BCUT2D eigenvalue weighted by Gasteiger charge is 2.43. The van der Waals surface area contributed by atoms with Crippen LogP contribution >= 0.6 is 0 Å². The van der Waals surface area contributed by atoms with Crippen LogP contribution in [0.25, 0.3) is 22.4 Å². The minimum atomic E-state index is 0.148. The molecule has 3 saturated heterocycles. The van der Waals surface area contributed by atoms with Crippen LogP contribution in [0.1, 0.15) is 12.8 Å². The van der Waals surface area contributed by atoms with Crippen molar-refractivity contribution in [3.05, 3.63) is 60.8 Å². The zero-order valence-corrected chi connectivity index (χ0v) is 18.2. The molecule has 3 aliphatic rings. The SMILES string of the molecule is CN(C)C(=O)[C@H]1CN2CCC1C[C@@H]2Cn1cc(-c2ccc(-c3ccccc3)cc2)nn1. The van der Waals surface area contributed by atoms with Gasteiger partial charge >= 0.3 is 0 Å². The molecular formula is C25H29N5O. The second kappa shape index (κ2) is 8.27. The first-order valence-corrected chi connectivity index (χ1v) is 11.1. The quantitative estimate of drug-likeness (QED) is 0.641. The molecule has 4 atom stereocenters. The van der Waals surface area contributed by atoms with E-state index >= 15 is 0 Å². The third-order valence-electron chi connectivity index (χ3n) is 6.86. The van der Waals surface area contributed by atoms with E-state index in [-0.39, 0.29) is 11.8 Å². The number of amides is 1. The smallest absolute Gasteiger partial charge is 0.226 e. The molecule has 0 saturated carbocycles. The largest absolute Gasteiger partial charge is 0.349 e. The van der Waals surface area contributed by atoms with Gasteiger partial charge in [0.2, 0.25) is 5.91 Å². The van der Waals surface area contributed by atoms with Gasteiger partial charge in [0.25, 0.3) is 0 Å². The maximum absolute atomic E-state index is 12.5. The summed E-state index contributed by atoms with van der Waals surface area (Å²) >= 11 is 0. The van der Waals surface area contributed by atoms with Crippen molar-refractivity contribution in [1.29, 1.82) is 0 Å². The summed E-state index contributed by atoms with van der Waals surface area (Å²) in [4.78, 5) is 16.7. The maximum Gasteiger partial charge on any atom is 0.226 e. The summed E-state index contributed by atoms with van der Waals surface area (Å²) in [5, 5.41) is 8.81. The molecule has 2 unspecified atom stereocenters. The van der Waals surface area contributed by atoms with Crippen LogP contribution in [0.5, 0.6) is 0 Å². The second-order valence-electron chi connectivity index (χ2n) is 9.04. The van der Waals surface area contributed by atoms with Gasteiger partial charge < -0.3 is 4.90 Å². The van der Waals surface area contributed by atoms with Gasteiger partial charge in [0.1, 0.15) is 5.69 Å². The van der Waals surface area contributed by atoms with Crippen LogP contribution in [-0.2, 0) is 11.3 Å². The number of carbonyl (C=O) groups excluding carboxylic acids is 1. The summed E-state index contributed by atoms with van der Waals surface area (Å²) in [6, 6.07) is 19.3. The zero-order chi connectivity index (χ0) is 21.4. The predicted octanol–water partition coefficient (Wildman–Crippen LogP) is 3.41. The fourth-order valence-corrected chi connectivity index (χ4v) is 5.14. The molecule has 160 valence electrons. The Morgan fingerprint density at radius 3 is 2.42 bits per heavy atom. The van der Waals surface area contributed by atoms with Gasteiger partial charge in [0.15, 0.2) is 0 Å². The molecule has 2 aromatic carbocycles. The first-order chi connectivity index (χ1) is 15.1. The van der Waals surface area contributed by atoms with Gasteiger partial charge in [0.05, 0.1) is 18.7 Å². The summed E-state index contributed by atoms with van der Waals surface area (Å²) in [7, 11) is 3.72. The molecule has 4 heterocycles. The van der Waals surface area contributed by atoms with E-state index in [2.05, 4.69) is 63.7 Å². The average molecular weight is 416 g/mol. The Morgan fingerprint density at radius 2 is 1.74 bits per heavy atom. The number of benzene rings is 2. The van der Waals surface area contributed by atoms with E-state index in [1.165, 1.54) is 11.1 Å². The van der Waals surface area contributed by atoms with Crippen molar-refractivity contribution in [2.45, 2.75) is 25.4 Å². The number of hydrogen-bond acceptors (Lipinski definition) is 4. The normalized spacial score (nSPS) is 24.8. The standard InChI is InChI=1S/C25H29N5O/c1-28(2)25(31)23-16-29-13-12-21(23)14-22(29)15-30-17-24(26-27-30)20-10-8-19(9-11-20)18-6-4-3-5-7-18/h3-11,17,21-23H,12-16H2,1-2H3/t21?,22-,23+/m1/s1. The van der Waals surface area contributed by atoms with Crippen molar-refractivity contribution in [2.75, 3.05) is 27.2 Å². The Bertz CT molecular complexity index is 1040. The fraction of sp³-hybridized carbons (Fsp3) is 0.400. The highest BCUT2D eigenvalue weighted by molar-refractivity contribution is 5.79. The highest BCUT2D eigenvalue weighted by Crippen LogP contribution is 2.37. The molecule has 0 spiro atoms. The van der Waals surface area contributed by atoms with Crippen LogP contribution in [0.2, 0.25) is 0 Å². The van der Waals surface area contributed by atoms with Crippen LogP contribution < -0.4 is 0 Å². The Labute approximate surface area is 183 Å². The molecule has 6 heteroatoms. The third-order valence-corrected chi connectivity index (χ3v) is 6.86. The summed E-state index contributed by atoms with van der Waals surface area (Å²) in [5.41, 5.74) is 4.39. The number of carbonyl (C=O) groups is 1. The van der Waals surface area contributed by atoms with E-state index in [4.69, 9.17) is 0 Å². The van der Waals surface area contributed by atoms with Gasteiger partial charge in [-0.25, -0.2) is 0 Å². The van der Waals surface area contributed by atoms with Crippen molar-refractivity contribution >= 4 is 5.91 Å². The molecule has 2 bridgehead atoms. The lowest BCUT2D eigenvalue weighted by atomic mass is 9.75. The van der Waals surface area contributed by atoms with Crippen LogP contribution in [0.15, 0.2) is 60.8 Å². The lowest BCUT2D eigenvalue weighted by molar-refractivity contribution is -0.141. The lowest BCUT2D eigenvalue weighted by Crippen LogP contribution is -2.57. The minimum absolute atomic E-state index is 0.148. The Kier molecular flexibility index (Phi) is 5.32. The third kappa shape index (κ3) is 4.00. The van der Waals surface area contributed by atoms with Crippen molar-refractivity contribution in [3.63, 3.8) is 0 Å². The number of rotatable bonds is 5. The first-order valence-electron chi connectivity index (χ1n) is 11.1. The van der Waals surface area contributed by atoms with Gasteiger partial charge in [-0.2, -0.15) is 0 Å². The second-order valence-corrected chi connectivity index (χ2v) is 9.04.